The molecule has 0 radical (unpaired) electrons. The Hall–Kier alpha value is -3.26. The number of H-pyrrole nitrogens is 1. The van der Waals surface area contributed by atoms with E-state index in [-0.39, 0.29) is 11.0 Å². The number of benzene rings is 2. The standard InChI is InChI=1S/C17H14N4O3S/c1-24-16(23)10-6-8-11(9-7-10)18-17(25)21-20-14-12-4-2-3-5-13(12)19-15(14)22/h2-9,19,22H,1H3,(H,18,25). The number of aromatic amines is 1. The Morgan fingerprint density at radius 1 is 1.20 bits per heavy atom. The number of fused-ring (bicyclic) bond motifs is 1. The molecule has 126 valence electrons. The van der Waals surface area contributed by atoms with Gasteiger partial charge in [-0.25, -0.2) is 4.79 Å². The lowest BCUT2D eigenvalue weighted by atomic mass is 10.2. The first-order valence-electron chi connectivity index (χ1n) is 7.29. The van der Waals surface area contributed by atoms with Crippen LogP contribution >= 0.6 is 12.2 Å². The fraction of sp³-hybridized carbons (Fsp3) is 0.0588. The molecule has 0 atom stereocenters. The number of ether oxygens (including phenoxy) is 1. The van der Waals surface area contributed by atoms with Crippen molar-refractivity contribution in [2.24, 2.45) is 10.2 Å². The lowest BCUT2D eigenvalue weighted by Crippen LogP contribution is -2.06. The van der Waals surface area contributed by atoms with E-state index in [0.29, 0.717) is 16.9 Å². The molecule has 0 aliphatic rings. The van der Waals surface area contributed by atoms with Crippen molar-refractivity contribution in [3.63, 3.8) is 0 Å². The summed E-state index contributed by atoms with van der Waals surface area (Å²) < 4.78 is 4.64. The number of aromatic nitrogens is 1. The zero-order chi connectivity index (χ0) is 17.8. The van der Waals surface area contributed by atoms with Gasteiger partial charge in [0.25, 0.3) is 0 Å². The van der Waals surface area contributed by atoms with Crippen molar-refractivity contribution < 1.29 is 14.6 Å². The van der Waals surface area contributed by atoms with Crippen molar-refractivity contribution in [1.29, 1.82) is 0 Å². The molecule has 3 aromatic rings. The highest BCUT2D eigenvalue weighted by molar-refractivity contribution is 7.80. The molecule has 0 saturated heterocycles. The van der Waals surface area contributed by atoms with Gasteiger partial charge in [0.2, 0.25) is 11.0 Å². The molecule has 1 aromatic heterocycles. The van der Waals surface area contributed by atoms with E-state index in [1.54, 1.807) is 24.3 Å². The Kier molecular flexibility index (Phi) is 4.71. The average Bonchev–Trinajstić information content (AvgIpc) is 2.95. The minimum absolute atomic E-state index is 0.0739. The van der Waals surface area contributed by atoms with Crippen molar-refractivity contribution in [2.45, 2.75) is 0 Å². The van der Waals surface area contributed by atoms with E-state index >= 15 is 0 Å². The van der Waals surface area contributed by atoms with Crippen LogP contribution in [0, 0.1) is 0 Å². The molecule has 7 nitrogen and oxygen atoms in total. The average molecular weight is 354 g/mol. The number of nitrogens with one attached hydrogen (secondary N) is 2. The fourth-order valence-corrected chi connectivity index (χ4v) is 2.42. The van der Waals surface area contributed by atoms with Crippen LogP contribution in [-0.4, -0.2) is 28.3 Å². The second-order valence-electron chi connectivity index (χ2n) is 5.07. The van der Waals surface area contributed by atoms with Crippen molar-refractivity contribution >= 4 is 45.6 Å². The number of methoxy groups -OCH3 is 1. The van der Waals surface area contributed by atoms with Crippen LogP contribution in [0.15, 0.2) is 58.8 Å². The monoisotopic (exact) mass is 354 g/mol. The van der Waals surface area contributed by atoms with E-state index in [0.717, 1.165) is 10.9 Å². The SMILES string of the molecule is COC(=O)c1ccc(NC(=S)N=Nc2c(O)[nH]c3ccccc23)cc1. The third-order valence-electron chi connectivity index (χ3n) is 3.46. The van der Waals surface area contributed by atoms with Gasteiger partial charge in [0.05, 0.1) is 18.2 Å². The highest BCUT2D eigenvalue weighted by atomic mass is 32.1. The van der Waals surface area contributed by atoms with E-state index in [1.807, 2.05) is 24.3 Å². The summed E-state index contributed by atoms with van der Waals surface area (Å²) in [6.45, 7) is 0. The zero-order valence-corrected chi connectivity index (χ0v) is 14.0. The maximum absolute atomic E-state index is 11.4. The maximum atomic E-state index is 11.4. The number of rotatable bonds is 3. The van der Waals surface area contributed by atoms with Crippen molar-refractivity contribution in [2.75, 3.05) is 12.4 Å². The van der Waals surface area contributed by atoms with Gasteiger partial charge in [-0.2, -0.15) is 0 Å². The summed E-state index contributed by atoms with van der Waals surface area (Å²) >= 11 is 5.13. The summed E-state index contributed by atoms with van der Waals surface area (Å²) in [7, 11) is 1.32. The predicted octanol–water partition coefficient (Wildman–Crippen LogP) is 4.14. The molecule has 25 heavy (non-hydrogen) atoms. The minimum Gasteiger partial charge on any atom is -0.493 e. The molecule has 0 unspecified atom stereocenters. The maximum Gasteiger partial charge on any atom is 0.337 e. The number of hydrogen-bond donors (Lipinski definition) is 3. The van der Waals surface area contributed by atoms with E-state index < -0.39 is 5.97 Å². The number of esters is 1. The Morgan fingerprint density at radius 3 is 2.64 bits per heavy atom. The molecule has 0 amide bonds. The Morgan fingerprint density at radius 2 is 1.92 bits per heavy atom. The highest BCUT2D eigenvalue weighted by Gasteiger charge is 2.10. The molecule has 2 aromatic carbocycles. The van der Waals surface area contributed by atoms with E-state index in [1.165, 1.54) is 7.11 Å². The third kappa shape index (κ3) is 3.64. The predicted molar refractivity (Wildman–Crippen MR) is 98.5 cm³/mol. The number of nitrogens with zero attached hydrogens (tertiary/aromatic N) is 2. The van der Waals surface area contributed by atoms with Crippen LogP contribution in [0.1, 0.15) is 10.4 Å². The van der Waals surface area contributed by atoms with Crippen LogP contribution in [0.2, 0.25) is 0 Å². The second-order valence-corrected chi connectivity index (χ2v) is 5.45. The molecule has 3 N–H and O–H groups in total. The quantitative estimate of drug-likeness (QED) is 0.373. The second kappa shape index (κ2) is 7.10. The summed E-state index contributed by atoms with van der Waals surface area (Å²) in [6.07, 6.45) is 0. The number of carbonyl (C=O) groups is 1. The van der Waals surface area contributed by atoms with Gasteiger partial charge in [-0.1, -0.05) is 18.2 Å². The molecule has 0 aliphatic carbocycles. The van der Waals surface area contributed by atoms with Crippen molar-refractivity contribution in [1.82, 2.24) is 4.98 Å². The Bertz CT molecular complexity index is 964. The molecule has 0 aliphatic heterocycles. The van der Waals surface area contributed by atoms with Gasteiger partial charge in [-0.05, 0) is 42.5 Å². The van der Waals surface area contributed by atoms with E-state index in [9.17, 15) is 9.90 Å². The van der Waals surface area contributed by atoms with E-state index in [2.05, 4.69) is 25.3 Å². The molecule has 0 fully saturated rings. The number of azo groups is 1. The number of carbonyl (C=O) groups excluding carboxylic acids is 1. The highest BCUT2D eigenvalue weighted by Crippen LogP contribution is 2.35. The number of hydrogen-bond acceptors (Lipinski definition) is 5. The summed E-state index contributed by atoms with van der Waals surface area (Å²) in [5.74, 6) is -0.487. The van der Waals surface area contributed by atoms with E-state index in [4.69, 9.17) is 12.2 Å². The first-order chi connectivity index (χ1) is 12.1. The first kappa shape index (κ1) is 16.6. The van der Waals surface area contributed by atoms with Gasteiger partial charge in [0, 0.05) is 11.1 Å². The summed E-state index contributed by atoms with van der Waals surface area (Å²) in [5.41, 5.74) is 2.16. The molecular formula is C17H14N4O3S. The summed E-state index contributed by atoms with van der Waals surface area (Å²) in [4.78, 5) is 14.2. The number of anilines is 1. The van der Waals surface area contributed by atoms with Gasteiger partial charge >= 0.3 is 5.97 Å². The molecule has 3 rings (SSSR count). The Balaban J connectivity index is 1.72. The van der Waals surface area contributed by atoms with Crippen molar-refractivity contribution in [3.8, 4) is 5.88 Å². The van der Waals surface area contributed by atoms with Gasteiger partial charge < -0.3 is 20.1 Å². The topological polar surface area (TPSA) is 99.1 Å². The smallest absolute Gasteiger partial charge is 0.337 e. The van der Waals surface area contributed by atoms with Gasteiger partial charge in [0.15, 0.2) is 5.69 Å². The van der Waals surface area contributed by atoms with Crippen LogP contribution in [0.25, 0.3) is 10.9 Å². The van der Waals surface area contributed by atoms with Crippen LogP contribution in [-0.2, 0) is 4.74 Å². The lowest BCUT2D eigenvalue weighted by Gasteiger charge is -2.04. The van der Waals surface area contributed by atoms with Crippen LogP contribution in [0.4, 0.5) is 11.4 Å². The largest absolute Gasteiger partial charge is 0.493 e. The molecule has 1 heterocycles. The Labute approximate surface area is 148 Å². The summed E-state index contributed by atoms with van der Waals surface area (Å²) in [6, 6.07) is 13.9. The number of aromatic hydroxyl groups is 1. The fourth-order valence-electron chi connectivity index (χ4n) is 2.27. The number of para-hydroxylation sites is 1. The van der Waals surface area contributed by atoms with Gasteiger partial charge in [-0.3, -0.25) is 0 Å². The molecule has 0 saturated carbocycles. The lowest BCUT2D eigenvalue weighted by molar-refractivity contribution is 0.0601. The first-order valence-corrected chi connectivity index (χ1v) is 7.70. The minimum atomic E-state index is -0.413. The van der Waals surface area contributed by atoms with Gasteiger partial charge in [-0.15, -0.1) is 10.2 Å². The third-order valence-corrected chi connectivity index (χ3v) is 3.64. The normalized spacial score (nSPS) is 10.9. The number of thiocarbonyl (C=S) groups is 1. The molecular weight excluding hydrogens is 340 g/mol. The molecule has 0 bridgehead atoms. The van der Waals surface area contributed by atoms with Crippen LogP contribution < -0.4 is 5.32 Å². The van der Waals surface area contributed by atoms with Gasteiger partial charge in [0.1, 0.15) is 0 Å². The zero-order valence-electron chi connectivity index (χ0n) is 13.2. The van der Waals surface area contributed by atoms with Crippen LogP contribution in [0.3, 0.4) is 0 Å². The summed E-state index contributed by atoms with van der Waals surface area (Å²) in [5, 5.41) is 21.6. The molecule has 0 spiro atoms. The molecule has 8 heteroatoms. The van der Waals surface area contributed by atoms with Crippen molar-refractivity contribution in [3.05, 3.63) is 54.1 Å². The van der Waals surface area contributed by atoms with Crippen LogP contribution in [0.5, 0.6) is 5.88 Å².